The summed E-state index contributed by atoms with van der Waals surface area (Å²) in [5, 5.41) is 2.55. The summed E-state index contributed by atoms with van der Waals surface area (Å²) in [5.41, 5.74) is 17.9. The maximum Gasteiger partial charge on any atom is 0.0547 e. The van der Waals surface area contributed by atoms with Crippen molar-refractivity contribution in [3.05, 3.63) is 211 Å². The molecule has 1 aromatic heterocycles. The van der Waals surface area contributed by atoms with Gasteiger partial charge in [-0.2, -0.15) is 0 Å². The minimum absolute atomic E-state index is 0.237. The van der Waals surface area contributed by atoms with Crippen molar-refractivity contribution in [2.24, 2.45) is 0 Å². The van der Waals surface area contributed by atoms with E-state index in [0.717, 1.165) is 12.8 Å². The highest BCUT2D eigenvalue weighted by Gasteiger charge is 2.41. The fourth-order valence-electron chi connectivity index (χ4n) is 9.35. The van der Waals surface area contributed by atoms with Crippen molar-refractivity contribution in [2.75, 3.05) is 0 Å². The van der Waals surface area contributed by atoms with E-state index in [9.17, 15) is 0 Å². The third-order valence-electron chi connectivity index (χ3n) is 11.7. The molecule has 0 bridgehead atoms. The minimum Gasteiger partial charge on any atom is -0.309 e. The number of fused-ring (bicyclic) bond motifs is 6. The number of benzene rings is 8. The monoisotopic (exact) mass is 677 g/mol. The van der Waals surface area contributed by atoms with Crippen LogP contribution in [0.15, 0.2) is 194 Å². The molecule has 10 rings (SSSR count). The summed E-state index contributed by atoms with van der Waals surface area (Å²) in [6, 6.07) is 71.7. The topological polar surface area (TPSA) is 4.93 Å². The van der Waals surface area contributed by atoms with Crippen LogP contribution in [0.3, 0.4) is 0 Å². The molecule has 8 aromatic carbocycles. The van der Waals surface area contributed by atoms with Gasteiger partial charge in [-0.3, -0.25) is 0 Å². The number of aromatic nitrogens is 1. The SMILES string of the molecule is CCC1(c2ccccc2-c2ccccc2-n2c3ccccc3c3c(-c4ccccc4)cccc32)Cc2ccccc2-c2c(-c3ccccc3)cccc21. The zero-order valence-corrected chi connectivity index (χ0v) is 29.8. The normalized spacial score (nSPS) is 15.0. The van der Waals surface area contributed by atoms with Gasteiger partial charge in [0.1, 0.15) is 0 Å². The summed E-state index contributed by atoms with van der Waals surface area (Å²) in [6.07, 6.45) is 1.92. The van der Waals surface area contributed by atoms with Gasteiger partial charge >= 0.3 is 0 Å². The van der Waals surface area contributed by atoms with E-state index in [-0.39, 0.29) is 5.41 Å². The molecule has 0 fully saturated rings. The molecule has 1 aliphatic carbocycles. The van der Waals surface area contributed by atoms with E-state index in [0.29, 0.717) is 0 Å². The Balaban J connectivity index is 1.24. The smallest absolute Gasteiger partial charge is 0.0547 e. The molecule has 0 spiro atoms. The standard InChI is InChI=1S/C52H39N/c1-2-52(35-38-23-9-10-24-41(38)50-39(28-17-31-46(50)52)36-19-5-3-6-20-36)45-30-14-11-25-42(45)43-26-12-15-32-47(43)53-48-33-16-13-27-44(48)51-40(29-18-34-49(51)53)37-21-7-4-8-22-37/h3-34H,2,35H2,1H3. The number of hydrogen-bond donors (Lipinski definition) is 0. The summed E-state index contributed by atoms with van der Waals surface area (Å²) in [5.74, 6) is 0. The average molecular weight is 678 g/mol. The maximum atomic E-state index is 2.50. The molecule has 1 nitrogen and oxygen atoms in total. The summed E-state index contributed by atoms with van der Waals surface area (Å²) in [7, 11) is 0. The van der Waals surface area contributed by atoms with Crippen LogP contribution in [0.4, 0.5) is 0 Å². The van der Waals surface area contributed by atoms with E-state index in [1.807, 2.05) is 0 Å². The van der Waals surface area contributed by atoms with E-state index >= 15 is 0 Å². The first-order chi connectivity index (χ1) is 26.3. The molecule has 0 radical (unpaired) electrons. The molecular weight excluding hydrogens is 639 g/mol. The van der Waals surface area contributed by atoms with Gasteiger partial charge in [-0.15, -0.1) is 0 Å². The molecule has 0 N–H and O–H groups in total. The predicted octanol–water partition coefficient (Wildman–Crippen LogP) is 13.7. The average Bonchev–Trinajstić information content (AvgIpc) is 3.58. The van der Waals surface area contributed by atoms with Gasteiger partial charge in [-0.1, -0.05) is 183 Å². The minimum atomic E-state index is -0.237. The van der Waals surface area contributed by atoms with Gasteiger partial charge in [0.2, 0.25) is 0 Å². The molecule has 9 aromatic rings. The second-order valence-corrected chi connectivity index (χ2v) is 14.3. The highest BCUT2D eigenvalue weighted by molar-refractivity contribution is 6.16. The highest BCUT2D eigenvalue weighted by Crippen LogP contribution is 2.54. The van der Waals surface area contributed by atoms with Crippen molar-refractivity contribution in [1.82, 2.24) is 4.57 Å². The van der Waals surface area contributed by atoms with Gasteiger partial charge in [0.05, 0.1) is 16.7 Å². The van der Waals surface area contributed by atoms with Crippen LogP contribution in [-0.2, 0) is 11.8 Å². The number of hydrogen-bond acceptors (Lipinski definition) is 0. The zero-order chi connectivity index (χ0) is 35.4. The van der Waals surface area contributed by atoms with Crippen molar-refractivity contribution < 1.29 is 0 Å². The van der Waals surface area contributed by atoms with Gasteiger partial charge in [0.25, 0.3) is 0 Å². The quantitative estimate of drug-likeness (QED) is 0.165. The molecule has 0 aliphatic heterocycles. The Hall–Kier alpha value is -6.44. The zero-order valence-electron chi connectivity index (χ0n) is 29.8. The Labute approximate surface area is 311 Å². The van der Waals surface area contributed by atoms with Gasteiger partial charge in [0.15, 0.2) is 0 Å². The molecule has 1 atom stereocenters. The van der Waals surface area contributed by atoms with E-state index in [2.05, 4.69) is 206 Å². The first-order valence-corrected chi connectivity index (χ1v) is 18.8. The number of nitrogens with zero attached hydrogens (tertiary/aromatic N) is 1. The summed E-state index contributed by atoms with van der Waals surface area (Å²) in [6.45, 7) is 2.38. The van der Waals surface area contributed by atoms with E-state index in [4.69, 9.17) is 0 Å². The Morgan fingerprint density at radius 2 is 0.981 bits per heavy atom. The third-order valence-corrected chi connectivity index (χ3v) is 11.7. The van der Waals surface area contributed by atoms with Crippen LogP contribution in [0.2, 0.25) is 0 Å². The number of para-hydroxylation sites is 2. The van der Waals surface area contributed by atoms with Crippen molar-refractivity contribution in [1.29, 1.82) is 0 Å². The fraction of sp³-hybridized carbons (Fsp3) is 0.0769. The van der Waals surface area contributed by atoms with Crippen LogP contribution >= 0.6 is 0 Å². The van der Waals surface area contributed by atoms with Gasteiger partial charge < -0.3 is 4.57 Å². The van der Waals surface area contributed by atoms with Gasteiger partial charge in [-0.05, 0) is 86.7 Å². The first kappa shape index (κ1) is 31.3. The summed E-state index contributed by atoms with van der Waals surface area (Å²) >= 11 is 0. The summed E-state index contributed by atoms with van der Waals surface area (Å²) < 4.78 is 2.50. The third kappa shape index (κ3) is 4.85. The number of rotatable bonds is 6. The lowest BCUT2D eigenvalue weighted by Gasteiger charge is -2.42. The Kier molecular flexibility index (Phi) is 7.47. The Morgan fingerprint density at radius 1 is 0.434 bits per heavy atom. The van der Waals surface area contributed by atoms with Crippen molar-refractivity contribution in [3.8, 4) is 50.2 Å². The van der Waals surface area contributed by atoms with Gasteiger partial charge in [-0.25, -0.2) is 0 Å². The van der Waals surface area contributed by atoms with Crippen LogP contribution in [0.1, 0.15) is 30.0 Å². The van der Waals surface area contributed by atoms with Gasteiger partial charge in [0, 0.05) is 21.8 Å². The van der Waals surface area contributed by atoms with Crippen LogP contribution in [0.5, 0.6) is 0 Å². The molecular formula is C52H39N. The lowest BCUT2D eigenvalue weighted by atomic mass is 9.61. The van der Waals surface area contributed by atoms with E-state index < -0.39 is 0 Å². The molecule has 53 heavy (non-hydrogen) atoms. The predicted molar refractivity (Wildman–Crippen MR) is 224 cm³/mol. The molecule has 0 saturated carbocycles. The van der Waals surface area contributed by atoms with Crippen LogP contribution in [-0.4, -0.2) is 4.57 Å². The molecule has 1 heterocycles. The fourth-order valence-corrected chi connectivity index (χ4v) is 9.35. The summed E-state index contributed by atoms with van der Waals surface area (Å²) in [4.78, 5) is 0. The molecule has 1 unspecified atom stereocenters. The Bertz CT molecular complexity index is 2790. The van der Waals surface area contributed by atoms with Crippen LogP contribution < -0.4 is 0 Å². The molecule has 252 valence electrons. The molecule has 1 heteroatoms. The second-order valence-electron chi connectivity index (χ2n) is 14.3. The second kappa shape index (κ2) is 12.7. The lowest BCUT2D eigenvalue weighted by molar-refractivity contribution is 0.489. The van der Waals surface area contributed by atoms with Crippen molar-refractivity contribution in [3.63, 3.8) is 0 Å². The first-order valence-electron chi connectivity index (χ1n) is 18.8. The van der Waals surface area contributed by atoms with Crippen molar-refractivity contribution >= 4 is 21.8 Å². The molecule has 1 aliphatic rings. The molecule has 0 saturated heterocycles. The highest BCUT2D eigenvalue weighted by atomic mass is 15.0. The maximum absolute atomic E-state index is 2.50. The van der Waals surface area contributed by atoms with Crippen molar-refractivity contribution in [2.45, 2.75) is 25.2 Å². The largest absolute Gasteiger partial charge is 0.309 e. The van der Waals surface area contributed by atoms with Crippen LogP contribution in [0.25, 0.3) is 72.0 Å². The Morgan fingerprint density at radius 3 is 1.77 bits per heavy atom. The molecule has 0 amide bonds. The lowest BCUT2D eigenvalue weighted by Crippen LogP contribution is -2.34. The van der Waals surface area contributed by atoms with Crippen LogP contribution in [0, 0.1) is 0 Å². The van der Waals surface area contributed by atoms with E-state index in [1.165, 1.54) is 88.7 Å². The van der Waals surface area contributed by atoms with E-state index in [1.54, 1.807) is 0 Å².